The molecular formula is C20H40O2. The van der Waals surface area contributed by atoms with Crippen molar-refractivity contribution < 1.29 is 9.90 Å². The summed E-state index contributed by atoms with van der Waals surface area (Å²) in [4.78, 5) is 10.4. The normalized spacial score (nSPS) is 12.5. The van der Waals surface area contributed by atoms with Gasteiger partial charge in [0.25, 0.3) is 0 Å². The van der Waals surface area contributed by atoms with Crippen molar-refractivity contribution in [2.24, 2.45) is 5.92 Å². The zero-order chi connectivity index (χ0) is 16.5. The highest BCUT2D eigenvalue weighted by Crippen LogP contribution is 2.18. The number of carboxylic acid groups (broad SMARTS) is 1. The van der Waals surface area contributed by atoms with Crippen LogP contribution in [0.3, 0.4) is 0 Å². The van der Waals surface area contributed by atoms with E-state index in [2.05, 4.69) is 13.8 Å². The van der Waals surface area contributed by atoms with Crippen LogP contribution in [0.2, 0.25) is 0 Å². The predicted molar refractivity (Wildman–Crippen MR) is 96.3 cm³/mol. The number of hydrogen-bond donors (Lipinski definition) is 1. The van der Waals surface area contributed by atoms with Crippen LogP contribution in [0.1, 0.15) is 117 Å². The highest BCUT2D eigenvalue weighted by molar-refractivity contribution is 5.66. The molecule has 2 nitrogen and oxygen atoms in total. The summed E-state index contributed by atoms with van der Waals surface area (Å²) in [5.74, 6) is 0.275. The van der Waals surface area contributed by atoms with Gasteiger partial charge >= 0.3 is 5.97 Å². The van der Waals surface area contributed by atoms with Gasteiger partial charge in [0.15, 0.2) is 0 Å². The first-order valence-electron chi connectivity index (χ1n) is 9.88. The van der Waals surface area contributed by atoms with Gasteiger partial charge in [-0.25, -0.2) is 0 Å². The quantitative estimate of drug-likeness (QED) is 0.294. The van der Waals surface area contributed by atoms with Crippen molar-refractivity contribution in [1.82, 2.24) is 0 Å². The van der Waals surface area contributed by atoms with E-state index in [0.29, 0.717) is 6.42 Å². The zero-order valence-corrected chi connectivity index (χ0v) is 15.2. The van der Waals surface area contributed by atoms with E-state index >= 15 is 0 Å². The molecule has 0 aliphatic rings. The molecule has 0 bridgehead atoms. The van der Waals surface area contributed by atoms with Crippen LogP contribution in [-0.2, 0) is 4.79 Å². The van der Waals surface area contributed by atoms with Gasteiger partial charge < -0.3 is 5.11 Å². The van der Waals surface area contributed by atoms with Gasteiger partial charge in [-0.2, -0.15) is 0 Å². The Morgan fingerprint density at radius 3 is 1.59 bits per heavy atom. The molecule has 1 unspecified atom stereocenters. The van der Waals surface area contributed by atoms with Gasteiger partial charge in [-0.05, 0) is 12.3 Å². The Hall–Kier alpha value is -0.530. The van der Waals surface area contributed by atoms with Crippen molar-refractivity contribution in [3.63, 3.8) is 0 Å². The van der Waals surface area contributed by atoms with Crippen molar-refractivity contribution in [2.75, 3.05) is 0 Å². The van der Waals surface area contributed by atoms with E-state index < -0.39 is 5.97 Å². The van der Waals surface area contributed by atoms with E-state index in [4.69, 9.17) is 5.11 Å². The monoisotopic (exact) mass is 312 g/mol. The number of carboxylic acids is 1. The lowest BCUT2D eigenvalue weighted by Gasteiger charge is -2.10. The van der Waals surface area contributed by atoms with Crippen LogP contribution < -0.4 is 0 Å². The largest absolute Gasteiger partial charge is 0.481 e. The lowest BCUT2D eigenvalue weighted by atomic mass is 9.96. The van der Waals surface area contributed by atoms with Crippen LogP contribution >= 0.6 is 0 Å². The lowest BCUT2D eigenvalue weighted by molar-refractivity contribution is -0.137. The highest BCUT2D eigenvalue weighted by Gasteiger charge is 2.01. The number of unbranched alkanes of at least 4 members (excludes halogenated alkanes) is 11. The number of hydrogen-bond acceptors (Lipinski definition) is 1. The molecule has 0 spiro atoms. The fourth-order valence-electron chi connectivity index (χ4n) is 3.07. The summed E-state index contributed by atoms with van der Waals surface area (Å²) in [6.45, 7) is 4.70. The Kier molecular flexibility index (Phi) is 16.4. The molecule has 0 radical (unpaired) electrons. The number of aliphatic carboxylic acids is 1. The maximum atomic E-state index is 10.4. The van der Waals surface area contributed by atoms with E-state index in [0.717, 1.165) is 18.8 Å². The molecule has 0 aromatic heterocycles. The molecule has 0 aromatic carbocycles. The maximum absolute atomic E-state index is 10.4. The van der Waals surface area contributed by atoms with Crippen molar-refractivity contribution in [2.45, 2.75) is 117 Å². The van der Waals surface area contributed by atoms with E-state index in [-0.39, 0.29) is 0 Å². The summed E-state index contributed by atoms with van der Waals surface area (Å²) >= 11 is 0. The lowest BCUT2D eigenvalue weighted by Crippen LogP contribution is -1.95. The molecule has 0 amide bonds. The van der Waals surface area contributed by atoms with Crippen LogP contribution in [0, 0.1) is 5.92 Å². The van der Waals surface area contributed by atoms with Gasteiger partial charge in [-0.3, -0.25) is 4.79 Å². The third-order valence-electron chi connectivity index (χ3n) is 4.64. The first kappa shape index (κ1) is 21.5. The standard InChI is InChI=1S/C20H40O2/c1-3-4-13-16-19(2)17-14-11-9-7-5-6-8-10-12-15-18-20(21)22/h19H,3-18H2,1-2H3,(H,21,22). The average Bonchev–Trinajstić information content (AvgIpc) is 2.48. The fraction of sp³-hybridized carbons (Fsp3) is 0.950. The Bertz CT molecular complexity index is 238. The van der Waals surface area contributed by atoms with E-state index in [1.54, 1.807) is 0 Å². The molecule has 22 heavy (non-hydrogen) atoms. The first-order valence-corrected chi connectivity index (χ1v) is 9.88. The van der Waals surface area contributed by atoms with Crippen LogP contribution in [0.15, 0.2) is 0 Å². The molecule has 0 saturated carbocycles. The minimum absolute atomic E-state index is 0.344. The highest BCUT2D eigenvalue weighted by atomic mass is 16.4. The van der Waals surface area contributed by atoms with E-state index in [9.17, 15) is 4.79 Å². The van der Waals surface area contributed by atoms with Gasteiger partial charge in [-0.1, -0.05) is 104 Å². The minimum atomic E-state index is -0.653. The molecule has 132 valence electrons. The fourth-order valence-corrected chi connectivity index (χ4v) is 3.07. The predicted octanol–water partition coefficient (Wildman–Crippen LogP) is 6.97. The van der Waals surface area contributed by atoms with Crippen LogP contribution in [0.25, 0.3) is 0 Å². The molecule has 2 heteroatoms. The summed E-state index contributed by atoms with van der Waals surface area (Å²) in [7, 11) is 0. The second-order valence-corrected chi connectivity index (χ2v) is 7.07. The van der Waals surface area contributed by atoms with Gasteiger partial charge in [0.1, 0.15) is 0 Å². The molecule has 1 atom stereocenters. The topological polar surface area (TPSA) is 37.3 Å². The van der Waals surface area contributed by atoms with Crippen molar-refractivity contribution in [3.05, 3.63) is 0 Å². The Labute approximate surface area is 139 Å². The van der Waals surface area contributed by atoms with Gasteiger partial charge in [0.2, 0.25) is 0 Å². The average molecular weight is 313 g/mol. The summed E-state index contributed by atoms with van der Waals surface area (Å²) in [5, 5.41) is 8.55. The molecule has 0 aromatic rings. The van der Waals surface area contributed by atoms with Crippen LogP contribution in [0.4, 0.5) is 0 Å². The second-order valence-electron chi connectivity index (χ2n) is 7.07. The molecule has 0 fully saturated rings. The van der Waals surface area contributed by atoms with Gasteiger partial charge in [0.05, 0.1) is 0 Å². The Morgan fingerprint density at radius 1 is 0.727 bits per heavy atom. The minimum Gasteiger partial charge on any atom is -0.481 e. The molecule has 0 rings (SSSR count). The summed E-state index contributed by atoms with van der Waals surface area (Å²) in [5.41, 5.74) is 0. The van der Waals surface area contributed by atoms with Crippen molar-refractivity contribution in [1.29, 1.82) is 0 Å². The smallest absolute Gasteiger partial charge is 0.303 e. The third-order valence-corrected chi connectivity index (χ3v) is 4.64. The number of rotatable bonds is 17. The summed E-state index contributed by atoms with van der Waals surface area (Å²) < 4.78 is 0. The summed E-state index contributed by atoms with van der Waals surface area (Å²) in [6.07, 6.45) is 20.1. The first-order chi connectivity index (χ1) is 10.7. The second kappa shape index (κ2) is 16.8. The number of carbonyl (C=O) groups is 1. The Morgan fingerprint density at radius 2 is 1.14 bits per heavy atom. The third kappa shape index (κ3) is 17.5. The van der Waals surface area contributed by atoms with Crippen LogP contribution in [-0.4, -0.2) is 11.1 Å². The van der Waals surface area contributed by atoms with Crippen molar-refractivity contribution in [3.8, 4) is 0 Å². The maximum Gasteiger partial charge on any atom is 0.303 e. The van der Waals surface area contributed by atoms with Crippen LogP contribution in [0.5, 0.6) is 0 Å². The summed E-state index contributed by atoms with van der Waals surface area (Å²) in [6, 6.07) is 0. The van der Waals surface area contributed by atoms with Crippen molar-refractivity contribution >= 4 is 5.97 Å². The van der Waals surface area contributed by atoms with E-state index in [1.807, 2.05) is 0 Å². The van der Waals surface area contributed by atoms with Gasteiger partial charge in [-0.15, -0.1) is 0 Å². The SMILES string of the molecule is CCCCCC(C)CCCCCCCCCCCCC(=O)O. The molecule has 0 heterocycles. The Balaban J connectivity index is 3.09. The van der Waals surface area contributed by atoms with E-state index in [1.165, 1.54) is 83.5 Å². The molecule has 0 aliphatic heterocycles. The molecule has 0 aliphatic carbocycles. The zero-order valence-electron chi connectivity index (χ0n) is 15.2. The van der Waals surface area contributed by atoms with Gasteiger partial charge in [0, 0.05) is 6.42 Å². The molecular weight excluding hydrogens is 272 g/mol. The molecule has 1 N–H and O–H groups in total. The molecule has 0 saturated heterocycles.